The molecule has 2 aromatic carbocycles. The van der Waals surface area contributed by atoms with Crippen LogP contribution in [-0.4, -0.2) is 21.4 Å². The first-order chi connectivity index (χ1) is 13.1. The molecule has 0 atom stereocenters. The second-order valence-corrected chi connectivity index (χ2v) is 6.66. The molecule has 3 aromatic rings. The summed E-state index contributed by atoms with van der Waals surface area (Å²) in [5, 5.41) is 15.4. The average molecular weight is 382 g/mol. The lowest BCUT2D eigenvalue weighted by Crippen LogP contribution is -2.31. The Morgan fingerprint density at radius 1 is 1.07 bits per heavy atom. The molecule has 0 radical (unpaired) electrons. The van der Waals surface area contributed by atoms with Gasteiger partial charge < -0.3 is 10.2 Å². The van der Waals surface area contributed by atoms with E-state index in [1.54, 1.807) is 24.3 Å². The minimum atomic E-state index is -0.436. The smallest absolute Gasteiger partial charge is 0.346 e. The SMILES string of the molecule is O=[N+]([O-])c1c(Nc2ccc(Cl)cc2)ncnc1N1CCc2ccccc2C1. The molecule has 0 spiro atoms. The van der Waals surface area contributed by atoms with E-state index in [0.29, 0.717) is 29.6 Å². The van der Waals surface area contributed by atoms with Crippen LogP contribution in [0, 0.1) is 10.1 Å². The van der Waals surface area contributed by atoms with Gasteiger partial charge in [-0.25, -0.2) is 9.97 Å². The van der Waals surface area contributed by atoms with Gasteiger partial charge >= 0.3 is 5.69 Å². The number of rotatable bonds is 4. The summed E-state index contributed by atoms with van der Waals surface area (Å²) in [6.07, 6.45) is 2.17. The Kier molecular flexibility index (Phi) is 4.60. The highest BCUT2D eigenvalue weighted by molar-refractivity contribution is 6.30. The van der Waals surface area contributed by atoms with Crippen molar-refractivity contribution in [2.75, 3.05) is 16.8 Å². The van der Waals surface area contributed by atoms with Crippen molar-refractivity contribution in [2.24, 2.45) is 0 Å². The van der Waals surface area contributed by atoms with E-state index in [0.717, 1.165) is 12.0 Å². The summed E-state index contributed by atoms with van der Waals surface area (Å²) in [6, 6.07) is 15.0. The van der Waals surface area contributed by atoms with Crippen molar-refractivity contribution < 1.29 is 4.92 Å². The zero-order valence-corrected chi connectivity index (χ0v) is 15.1. The lowest BCUT2D eigenvalue weighted by molar-refractivity contribution is -0.383. The second-order valence-electron chi connectivity index (χ2n) is 6.22. The van der Waals surface area contributed by atoms with Gasteiger partial charge in [-0.3, -0.25) is 10.1 Å². The molecule has 0 saturated carbocycles. The number of nitrogens with zero attached hydrogens (tertiary/aromatic N) is 4. The lowest BCUT2D eigenvalue weighted by Gasteiger charge is -2.29. The van der Waals surface area contributed by atoms with Crippen molar-refractivity contribution in [1.29, 1.82) is 0 Å². The molecular formula is C19H16ClN5O2. The van der Waals surface area contributed by atoms with E-state index < -0.39 is 4.92 Å². The zero-order valence-electron chi connectivity index (χ0n) is 14.3. The van der Waals surface area contributed by atoms with Gasteiger partial charge in [-0.1, -0.05) is 35.9 Å². The maximum atomic E-state index is 11.8. The molecule has 4 rings (SSSR count). The highest BCUT2D eigenvalue weighted by Crippen LogP contribution is 2.35. The molecule has 0 unspecified atom stereocenters. The summed E-state index contributed by atoms with van der Waals surface area (Å²) in [7, 11) is 0. The van der Waals surface area contributed by atoms with Crippen molar-refractivity contribution in [3.63, 3.8) is 0 Å². The molecule has 7 nitrogen and oxygen atoms in total. The number of nitro groups is 1. The number of aromatic nitrogens is 2. The minimum absolute atomic E-state index is 0.133. The van der Waals surface area contributed by atoms with Crippen LogP contribution in [0.1, 0.15) is 11.1 Å². The van der Waals surface area contributed by atoms with Crippen LogP contribution < -0.4 is 10.2 Å². The Bertz CT molecular complexity index is 994. The highest BCUT2D eigenvalue weighted by Gasteiger charge is 2.29. The molecule has 136 valence electrons. The van der Waals surface area contributed by atoms with Gasteiger partial charge in [0.15, 0.2) is 0 Å². The summed E-state index contributed by atoms with van der Waals surface area (Å²) in [4.78, 5) is 21.6. The van der Waals surface area contributed by atoms with Gasteiger partial charge in [-0.05, 0) is 41.8 Å². The third kappa shape index (κ3) is 3.54. The number of halogens is 1. The quantitative estimate of drug-likeness (QED) is 0.534. The van der Waals surface area contributed by atoms with Crippen LogP contribution in [0.4, 0.5) is 23.0 Å². The second kappa shape index (κ2) is 7.20. The number of fused-ring (bicyclic) bond motifs is 1. The molecule has 0 amide bonds. The van der Waals surface area contributed by atoms with Gasteiger partial charge in [-0.15, -0.1) is 0 Å². The summed E-state index contributed by atoms with van der Waals surface area (Å²) < 4.78 is 0. The largest absolute Gasteiger partial charge is 0.353 e. The molecular weight excluding hydrogens is 366 g/mol. The maximum Gasteiger partial charge on any atom is 0.353 e. The van der Waals surface area contributed by atoms with E-state index in [2.05, 4.69) is 21.4 Å². The fourth-order valence-electron chi connectivity index (χ4n) is 3.21. The Morgan fingerprint density at radius 3 is 2.56 bits per heavy atom. The van der Waals surface area contributed by atoms with Crippen molar-refractivity contribution >= 4 is 34.6 Å². The first-order valence-electron chi connectivity index (χ1n) is 8.45. The van der Waals surface area contributed by atoms with Crippen LogP contribution in [0.15, 0.2) is 54.9 Å². The Hall–Kier alpha value is -3.19. The molecule has 1 N–H and O–H groups in total. The van der Waals surface area contributed by atoms with Crippen LogP contribution in [-0.2, 0) is 13.0 Å². The Labute approximate surface area is 160 Å². The fourth-order valence-corrected chi connectivity index (χ4v) is 3.33. The number of hydrogen-bond acceptors (Lipinski definition) is 6. The molecule has 8 heteroatoms. The molecule has 1 aromatic heterocycles. The molecule has 0 bridgehead atoms. The highest BCUT2D eigenvalue weighted by atomic mass is 35.5. The van der Waals surface area contributed by atoms with E-state index in [4.69, 9.17) is 11.6 Å². The summed E-state index contributed by atoms with van der Waals surface area (Å²) in [6.45, 7) is 1.24. The minimum Gasteiger partial charge on any atom is -0.346 e. The Balaban J connectivity index is 1.69. The van der Waals surface area contributed by atoms with Gasteiger partial charge in [0.05, 0.1) is 4.92 Å². The molecule has 0 saturated heterocycles. The van der Waals surface area contributed by atoms with Gasteiger partial charge in [0.1, 0.15) is 6.33 Å². The predicted molar refractivity (Wildman–Crippen MR) is 105 cm³/mol. The van der Waals surface area contributed by atoms with E-state index in [-0.39, 0.29) is 11.5 Å². The first kappa shape index (κ1) is 17.2. The molecule has 1 aliphatic heterocycles. The maximum absolute atomic E-state index is 11.8. The number of hydrogen-bond donors (Lipinski definition) is 1. The van der Waals surface area contributed by atoms with Crippen molar-refractivity contribution in [3.8, 4) is 0 Å². The summed E-state index contributed by atoms with van der Waals surface area (Å²) in [5.41, 5.74) is 2.96. The normalized spacial score (nSPS) is 13.1. The third-order valence-corrected chi connectivity index (χ3v) is 4.77. The topological polar surface area (TPSA) is 84.2 Å². The van der Waals surface area contributed by atoms with E-state index in [1.165, 1.54) is 11.9 Å². The third-order valence-electron chi connectivity index (χ3n) is 4.52. The fraction of sp³-hybridized carbons (Fsp3) is 0.158. The molecule has 27 heavy (non-hydrogen) atoms. The van der Waals surface area contributed by atoms with Gasteiger partial charge in [0.2, 0.25) is 11.6 Å². The zero-order chi connectivity index (χ0) is 18.8. The van der Waals surface area contributed by atoms with Gasteiger partial charge in [-0.2, -0.15) is 0 Å². The standard InChI is InChI=1S/C19H16ClN5O2/c20-15-5-7-16(8-6-15)23-18-17(25(26)27)19(22-12-21-18)24-10-9-13-3-1-2-4-14(13)11-24/h1-8,12H,9-11H2,(H,21,22,23). The van der Waals surface area contributed by atoms with Crippen LogP contribution in [0.3, 0.4) is 0 Å². The Morgan fingerprint density at radius 2 is 1.81 bits per heavy atom. The van der Waals surface area contributed by atoms with Crippen molar-refractivity contribution in [1.82, 2.24) is 9.97 Å². The van der Waals surface area contributed by atoms with E-state index >= 15 is 0 Å². The average Bonchev–Trinajstić information content (AvgIpc) is 2.69. The van der Waals surface area contributed by atoms with Gasteiger partial charge in [0, 0.05) is 23.8 Å². The first-order valence-corrected chi connectivity index (χ1v) is 8.83. The van der Waals surface area contributed by atoms with Gasteiger partial charge in [0.25, 0.3) is 0 Å². The summed E-state index contributed by atoms with van der Waals surface area (Å²) >= 11 is 5.90. The number of benzene rings is 2. The van der Waals surface area contributed by atoms with Crippen molar-refractivity contribution in [2.45, 2.75) is 13.0 Å². The van der Waals surface area contributed by atoms with E-state index in [1.807, 2.05) is 23.1 Å². The van der Waals surface area contributed by atoms with Crippen LogP contribution in [0.2, 0.25) is 5.02 Å². The number of anilines is 3. The van der Waals surface area contributed by atoms with Crippen LogP contribution in [0.25, 0.3) is 0 Å². The lowest BCUT2D eigenvalue weighted by atomic mass is 10.00. The van der Waals surface area contributed by atoms with Crippen LogP contribution >= 0.6 is 11.6 Å². The number of nitrogens with one attached hydrogen (secondary N) is 1. The van der Waals surface area contributed by atoms with E-state index in [9.17, 15) is 10.1 Å². The predicted octanol–water partition coefficient (Wildman–Crippen LogP) is 4.34. The summed E-state index contributed by atoms with van der Waals surface area (Å²) in [5.74, 6) is 0.479. The molecule has 2 heterocycles. The van der Waals surface area contributed by atoms with Crippen molar-refractivity contribution in [3.05, 3.63) is 81.1 Å². The van der Waals surface area contributed by atoms with Crippen LogP contribution in [0.5, 0.6) is 0 Å². The monoisotopic (exact) mass is 381 g/mol. The molecule has 1 aliphatic rings. The molecule has 0 aliphatic carbocycles. The molecule has 0 fully saturated rings.